The number of aryl methyl sites for hydroxylation is 2. The van der Waals surface area contributed by atoms with Crippen LogP contribution in [0.2, 0.25) is 0 Å². The summed E-state index contributed by atoms with van der Waals surface area (Å²) in [6.07, 6.45) is 4.59. The van der Waals surface area contributed by atoms with Gasteiger partial charge in [0.1, 0.15) is 0 Å². The highest BCUT2D eigenvalue weighted by atomic mass is 32.1. The van der Waals surface area contributed by atoms with E-state index in [0.717, 1.165) is 12.1 Å². The minimum absolute atomic E-state index is 0.0341. The first kappa shape index (κ1) is 10.9. The van der Waals surface area contributed by atoms with Crippen molar-refractivity contribution in [3.05, 3.63) is 46.0 Å². The van der Waals surface area contributed by atoms with Gasteiger partial charge in [0.05, 0.1) is 11.7 Å². The highest BCUT2D eigenvalue weighted by Gasteiger charge is 2.14. The standard InChI is InChI=1S/C13H15N3S/c14-12(13-8-17-16-15-13)7-9-4-5-10-2-1-3-11(10)6-9/h4-6,8,12H,1-3,7,14H2. The summed E-state index contributed by atoms with van der Waals surface area (Å²) in [6, 6.07) is 6.73. The average Bonchev–Trinajstić information content (AvgIpc) is 2.99. The van der Waals surface area contributed by atoms with E-state index in [2.05, 4.69) is 27.8 Å². The zero-order valence-electron chi connectivity index (χ0n) is 9.60. The Morgan fingerprint density at radius 3 is 3.00 bits per heavy atom. The summed E-state index contributed by atoms with van der Waals surface area (Å²) in [6.45, 7) is 0. The van der Waals surface area contributed by atoms with Crippen LogP contribution in [-0.2, 0) is 19.3 Å². The Morgan fingerprint density at radius 1 is 1.29 bits per heavy atom. The fraction of sp³-hybridized carbons (Fsp3) is 0.385. The zero-order chi connectivity index (χ0) is 11.7. The molecule has 17 heavy (non-hydrogen) atoms. The molecule has 0 spiro atoms. The molecule has 1 aromatic heterocycles. The minimum atomic E-state index is -0.0341. The van der Waals surface area contributed by atoms with E-state index in [-0.39, 0.29) is 6.04 Å². The quantitative estimate of drug-likeness (QED) is 0.902. The third-order valence-corrected chi connectivity index (χ3v) is 3.90. The van der Waals surface area contributed by atoms with Crippen molar-refractivity contribution < 1.29 is 0 Å². The highest BCUT2D eigenvalue weighted by Crippen LogP contribution is 2.24. The molecule has 2 aromatic rings. The van der Waals surface area contributed by atoms with Crippen molar-refractivity contribution in [2.75, 3.05) is 0 Å². The Labute approximate surface area is 105 Å². The SMILES string of the molecule is NC(Cc1ccc2c(c1)CCC2)c1csnn1. The molecule has 1 heterocycles. The molecule has 1 unspecified atom stereocenters. The molecule has 0 aliphatic heterocycles. The Morgan fingerprint density at radius 2 is 2.18 bits per heavy atom. The fourth-order valence-electron chi connectivity index (χ4n) is 2.44. The summed E-state index contributed by atoms with van der Waals surface area (Å²) in [5.74, 6) is 0. The van der Waals surface area contributed by atoms with E-state index in [4.69, 9.17) is 5.73 Å². The molecule has 1 aliphatic rings. The van der Waals surface area contributed by atoms with Gasteiger partial charge in [-0.3, -0.25) is 0 Å². The van der Waals surface area contributed by atoms with Crippen molar-refractivity contribution in [2.24, 2.45) is 5.73 Å². The van der Waals surface area contributed by atoms with Crippen LogP contribution in [0.3, 0.4) is 0 Å². The average molecular weight is 245 g/mol. The summed E-state index contributed by atoms with van der Waals surface area (Å²) in [5.41, 5.74) is 11.3. The number of hydrogen-bond acceptors (Lipinski definition) is 4. The van der Waals surface area contributed by atoms with Crippen LogP contribution in [-0.4, -0.2) is 9.59 Å². The van der Waals surface area contributed by atoms with Crippen LogP contribution in [0.25, 0.3) is 0 Å². The molecule has 4 heteroatoms. The van der Waals surface area contributed by atoms with Crippen LogP contribution >= 0.6 is 11.5 Å². The second-order valence-corrected chi connectivity index (χ2v) is 5.21. The van der Waals surface area contributed by atoms with E-state index < -0.39 is 0 Å². The zero-order valence-corrected chi connectivity index (χ0v) is 10.4. The van der Waals surface area contributed by atoms with Crippen molar-refractivity contribution in [2.45, 2.75) is 31.7 Å². The number of rotatable bonds is 3. The summed E-state index contributed by atoms with van der Waals surface area (Å²) in [4.78, 5) is 0. The fourth-order valence-corrected chi connectivity index (χ4v) is 2.96. The lowest BCUT2D eigenvalue weighted by Gasteiger charge is -2.09. The number of benzene rings is 1. The topological polar surface area (TPSA) is 51.8 Å². The lowest BCUT2D eigenvalue weighted by Crippen LogP contribution is -2.14. The molecule has 0 saturated heterocycles. The molecule has 1 atom stereocenters. The molecule has 0 amide bonds. The number of nitrogens with zero attached hydrogens (tertiary/aromatic N) is 2. The van der Waals surface area contributed by atoms with Crippen LogP contribution in [0.5, 0.6) is 0 Å². The molecule has 0 fully saturated rings. The van der Waals surface area contributed by atoms with Gasteiger partial charge in [-0.15, -0.1) is 5.10 Å². The maximum Gasteiger partial charge on any atom is 0.0925 e. The Kier molecular flexibility index (Phi) is 2.91. The van der Waals surface area contributed by atoms with E-state index >= 15 is 0 Å². The first-order valence-corrected chi connectivity index (χ1v) is 6.80. The van der Waals surface area contributed by atoms with Gasteiger partial charge in [0.2, 0.25) is 0 Å². The molecular formula is C13H15N3S. The van der Waals surface area contributed by atoms with E-state index in [1.54, 1.807) is 0 Å². The number of fused-ring (bicyclic) bond motifs is 1. The summed E-state index contributed by atoms with van der Waals surface area (Å²) >= 11 is 1.36. The molecule has 0 bridgehead atoms. The molecule has 2 N–H and O–H groups in total. The predicted molar refractivity (Wildman–Crippen MR) is 69.0 cm³/mol. The van der Waals surface area contributed by atoms with Gasteiger partial charge in [0.15, 0.2) is 0 Å². The maximum atomic E-state index is 6.12. The first-order chi connectivity index (χ1) is 8.33. The lowest BCUT2D eigenvalue weighted by atomic mass is 10.0. The summed E-state index contributed by atoms with van der Waals surface area (Å²) in [5, 5.41) is 5.96. The molecule has 3 rings (SSSR count). The Hall–Kier alpha value is -1.26. The smallest absolute Gasteiger partial charge is 0.0925 e. The molecule has 1 aliphatic carbocycles. The van der Waals surface area contributed by atoms with Crippen molar-refractivity contribution in [3.8, 4) is 0 Å². The first-order valence-electron chi connectivity index (χ1n) is 5.96. The third-order valence-electron chi connectivity index (χ3n) is 3.38. The second-order valence-electron chi connectivity index (χ2n) is 4.60. The van der Waals surface area contributed by atoms with E-state index in [1.165, 1.54) is 47.5 Å². The van der Waals surface area contributed by atoms with Gasteiger partial charge in [-0.05, 0) is 53.9 Å². The molecule has 88 valence electrons. The van der Waals surface area contributed by atoms with Gasteiger partial charge in [-0.1, -0.05) is 22.7 Å². The number of aromatic nitrogens is 2. The van der Waals surface area contributed by atoms with Gasteiger partial charge in [0.25, 0.3) is 0 Å². The van der Waals surface area contributed by atoms with Gasteiger partial charge in [0, 0.05) is 5.38 Å². The van der Waals surface area contributed by atoms with Crippen LogP contribution in [0.15, 0.2) is 23.6 Å². The van der Waals surface area contributed by atoms with Crippen LogP contribution in [0.1, 0.15) is 34.8 Å². The largest absolute Gasteiger partial charge is 0.322 e. The van der Waals surface area contributed by atoms with Gasteiger partial charge in [-0.25, -0.2) is 0 Å². The molecule has 0 radical (unpaired) electrons. The predicted octanol–water partition coefficient (Wildman–Crippen LogP) is 2.27. The van der Waals surface area contributed by atoms with E-state index in [1.807, 2.05) is 5.38 Å². The maximum absolute atomic E-state index is 6.12. The number of hydrogen-bond donors (Lipinski definition) is 1. The second kappa shape index (κ2) is 4.55. The van der Waals surface area contributed by atoms with Crippen molar-refractivity contribution in [1.82, 2.24) is 9.59 Å². The van der Waals surface area contributed by atoms with Crippen molar-refractivity contribution in [1.29, 1.82) is 0 Å². The highest BCUT2D eigenvalue weighted by molar-refractivity contribution is 7.03. The van der Waals surface area contributed by atoms with E-state index in [0.29, 0.717) is 0 Å². The molecule has 0 saturated carbocycles. The summed E-state index contributed by atoms with van der Waals surface area (Å²) in [7, 11) is 0. The Balaban J connectivity index is 1.77. The van der Waals surface area contributed by atoms with Gasteiger partial charge in [-0.2, -0.15) is 0 Å². The van der Waals surface area contributed by atoms with Crippen LogP contribution < -0.4 is 5.73 Å². The van der Waals surface area contributed by atoms with Gasteiger partial charge >= 0.3 is 0 Å². The monoisotopic (exact) mass is 245 g/mol. The van der Waals surface area contributed by atoms with E-state index in [9.17, 15) is 0 Å². The van der Waals surface area contributed by atoms with Crippen LogP contribution in [0.4, 0.5) is 0 Å². The summed E-state index contributed by atoms with van der Waals surface area (Å²) < 4.78 is 3.85. The molecule has 3 nitrogen and oxygen atoms in total. The van der Waals surface area contributed by atoms with Crippen LogP contribution in [0, 0.1) is 0 Å². The normalized spacial score (nSPS) is 15.8. The molecular weight excluding hydrogens is 230 g/mol. The van der Waals surface area contributed by atoms with Crippen molar-refractivity contribution >= 4 is 11.5 Å². The Bertz CT molecular complexity index is 507. The van der Waals surface area contributed by atoms with Gasteiger partial charge < -0.3 is 5.73 Å². The van der Waals surface area contributed by atoms with Crippen molar-refractivity contribution in [3.63, 3.8) is 0 Å². The minimum Gasteiger partial charge on any atom is -0.322 e. The molecule has 1 aromatic carbocycles. The number of nitrogens with two attached hydrogens (primary N) is 1. The third kappa shape index (κ3) is 2.23. The lowest BCUT2D eigenvalue weighted by molar-refractivity contribution is 0.692.